The molecule has 0 saturated heterocycles. The summed E-state index contributed by atoms with van der Waals surface area (Å²) in [7, 11) is 0. The van der Waals surface area contributed by atoms with Gasteiger partial charge in [-0.1, -0.05) is 84.9 Å². The molecular weight excluding hydrogens is 510 g/mol. The standard InChI is InChI=1S/C32H21N9/c33-23-15-7-14-22-24(23)32-40-30-21-13-6-5-12-20(21)28(38-30)36-26-17-9-2-1-8-16(17)25(34-26)35-27-18-10-3-4-11-19(18)29(37-27)39-31(22)41-32/h1-15,22,24H,33H2,(H2,34,35,36,37,38,39,40,41). The molecule has 41 heavy (non-hydrogen) atoms. The van der Waals surface area contributed by atoms with Gasteiger partial charge in [-0.3, -0.25) is 0 Å². The lowest BCUT2D eigenvalue weighted by atomic mass is 9.87. The van der Waals surface area contributed by atoms with E-state index in [9.17, 15) is 0 Å². The number of rotatable bonds is 0. The van der Waals surface area contributed by atoms with Gasteiger partial charge >= 0.3 is 0 Å². The molecule has 6 aromatic rings. The quantitative estimate of drug-likeness (QED) is 0.225. The molecule has 8 bridgehead atoms. The van der Waals surface area contributed by atoms with Crippen LogP contribution >= 0.6 is 0 Å². The molecule has 2 unspecified atom stereocenters. The van der Waals surface area contributed by atoms with Gasteiger partial charge in [0.2, 0.25) is 0 Å². The van der Waals surface area contributed by atoms with E-state index in [2.05, 4.69) is 16.0 Å². The van der Waals surface area contributed by atoms with Gasteiger partial charge in [0.05, 0.1) is 11.8 Å². The van der Waals surface area contributed by atoms with Gasteiger partial charge in [-0.25, -0.2) is 29.9 Å². The summed E-state index contributed by atoms with van der Waals surface area (Å²) in [6.07, 6.45) is 5.96. The van der Waals surface area contributed by atoms with Crippen molar-refractivity contribution in [3.8, 4) is 22.8 Å². The van der Waals surface area contributed by atoms with Gasteiger partial charge in [-0.2, -0.15) is 0 Å². The number of nitrogens with zero attached hydrogens (tertiary/aromatic N) is 6. The molecule has 194 valence electrons. The van der Waals surface area contributed by atoms with Gasteiger partial charge in [0.15, 0.2) is 11.6 Å². The summed E-state index contributed by atoms with van der Waals surface area (Å²) >= 11 is 0. The number of benzene rings is 3. The van der Waals surface area contributed by atoms with Crippen molar-refractivity contribution in [1.29, 1.82) is 0 Å². The average molecular weight is 532 g/mol. The van der Waals surface area contributed by atoms with Gasteiger partial charge in [-0.15, -0.1) is 0 Å². The van der Waals surface area contributed by atoms with Crippen molar-refractivity contribution in [3.63, 3.8) is 0 Å². The van der Waals surface area contributed by atoms with E-state index in [-0.39, 0.29) is 11.8 Å². The first kappa shape index (κ1) is 22.2. The Bertz CT molecular complexity index is 2310. The lowest BCUT2D eigenvalue weighted by Gasteiger charge is -2.18. The number of hydrogen-bond donors (Lipinski definition) is 3. The minimum Gasteiger partial charge on any atom is -0.401 e. The van der Waals surface area contributed by atoms with Crippen LogP contribution in [0.3, 0.4) is 0 Å². The maximum absolute atomic E-state index is 6.54. The van der Waals surface area contributed by atoms with E-state index in [4.69, 9.17) is 35.6 Å². The van der Waals surface area contributed by atoms with E-state index >= 15 is 0 Å². The highest BCUT2D eigenvalue weighted by Gasteiger charge is 2.36. The van der Waals surface area contributed by atoms with E-state index in [1.165, 1.54) is 0 Å². The van der Waals surface area contributed by atoms with Crippen molar-refractivity contribution in [3.05, 3.63) is 108 Å². The molecule has 1 aliphatic carbocycles. The minimum atomic E-state index is -0.218. The Morgan fingerprint density at radius 2 is 1.02 bits per heavy atom. The summed E-state index contributed by atoms with van der Waals surface area (Å²) in [4.78, 5) is 36.9. The van der Waals surface area contributed by atoms with E-state index in [1.54, 1.807) is 0 Å². The molecule has 3 aromatic heterocycles. The summed E-state index contributed by atoms with van der Waals surface area (Å²) in [6, 6.07) is 24.1. The van der Waals surface area contributed by atoms with E-state index in [0.29, 0.717) is 51.6 Å². The van der Waals surface area contributed by atoms with Crippen LogP contribution in [-0.4, -0.2) is 39.9 Å². The molecule has 0 amide bonds. The van der Waals surface area contributed by atoms with Gasteiger partial charge in [0.25, 0.3) is 0 Å². The molecule has 0 spiro atoms. The Hall–Kier alpha value is -5.70. The zero-order valence-corrected chi connectivity index (χ0v) is 21.6. The summed E-state index contributed by atoms with van der Waals surface area (Å²) in [6.45, 7) is 0. The van der Waals surface area contributed by atoms with Crippen molar-refractivity contribution in [1.82, 2.24) is 39.9 Å². The fraction of sp³-hybridized carbons (Fsp3) is 0.0625. The molecule has 5 heterocycles. The third-order valence-electron chi connectivity index (χ3n) is 7.99. The van der Waals surface area contributed by atoms with Crippen molar-refractivity contribution in [2.24, 2.45) is 5.73 Å². The molecule has 2 atom stereocenters. The average Bonchev–Trinajstić information content (AvgIpc) is 3.73. The Morgan fingerprint density at radius 1 is 0.537 bits per heavy atom. The van der Waals surface area contributed by atoms with Crippen molar-refractivity contribution < 1.29 is 0 Å². The molecule has 4 N–H and O–H groups in total. The highest BCUT2D eigenvalue weighted by atomic mass is 15.1. The Kier molecular flexibility index (Phi) is 4.40. The van der Waals surface area contributed by atoms with Crippen molar-refractivity contribution in [2.75, 3.05) is 0 Å². The highest BCUT2D eigenvalue weighted by Crippen LogP contribution is 2.42. The number of H-pyrrole nitrogens is 2. The molecule has 0 fully saturated rings. The normalized spacial score (nSPS) is 17.4. The van der Waals surface area contributed by atoms with Crippen LogP contribution in [0.25, 0.3) is 66.9 Å². The number of hydrogen-bond acceptors (Lipinski definition) is 7. The summed E-state index contributed by atoms with van der Waals surface area (Å²) in [5, 5.41) is 3.78. The zero-order chi connectivity index (χ0) is 27.1. The van der Waals surface area contributed by atoms with Crippen LogP contribution in [-0.2, 0) is 0 Å². The summed E-state index contributed by atoms with van der Waals surface area (Å²) in [5.74, 6) is 2.08. The van der Waals surface area contributed by atoms with E-state index < -0.39 is 0 Å². The fourth-order valence-corrected chi connectivity index (χ4v) is 6.05. The van der Waals surface area contributed by atoms with Crippen LogP contribution in [0.1, 0.15) is 23.5 Å². The number of aromatic amines is 2. The predicted octanol–water partition coefficient (Wildman–Crippen LogP) is 5.82. The maximum atomic E-state index is 6.54. The molecule has 9 nitrogen and oxygen atoms in total. The monoisotopic (exact) mass is 531 g/mol. The largest absolute Gasteiger partial charge is 0.401 e. The van der Waals surface area contributed by atoms with Crippen LogP contribution in [0.15, 0.2) is 96.7 Å². The minimum absolute atomic E-state index is 0.134. The Labute approximate surface area is 232 Å². The fourth-order valence-electron chi connectivity index (χ4n) is 6.05. The third-order valence-corrected chi connectivity index (χ3v) is 7.99. The number of allylic oxidation sites excluding steroid dienone is 4. The van der Waals surface area contributed by atoms with Crippen LogP contribution in [0.4, 0.5) is 0 Å². The lowest BCUT2D eigenvalue weighted by Crippen LogP contribution is -2.16. The lowest BCUT2D eigenvalue weighted by molar-refractivity contribution is 0.690. The van der Waals surface area contributed by atoms with Gasteiger partial charge in [-0.05, 0) is 6.08 Å². The van der Waals surface area contributed by atoms with Gasteiger partial charge < -0.3 is 15.7 Å². The molecule has 2 aliphatic heterocycles. The molecule has 3 aliphatic rings. The topological polar surface area (TPSA) is 135 Å². The van der Waals surface area contributed by atoms with E-state index in [1.807, 2.05) is 84.9 Å². The van der Waals surface area contributed by atoms with Crippen LogP contribution in [0, 0.1) is 0 Å². The van der Waals surface area contributed by atoms with Crippen LogP contribution < -0.4 is 5.73 Å². The smallest absolute Gasteiger partial charge is 0.164 e. The first-order valence-corrected chi connectivity index (χ1v) is 13.4. The van der Waals surface area contributed by atoms with Crippen LogP contribution in [0.5, 0.6) is 0 Å². The number of fused-ring (bicyclic) bond motifs is 20. The van der Waals surface area contributed by atoms with Gasteiger partial charge in [0.1, 0.15) is 34.2 Å². The summed E-state index contributed by atoms with van der Waals surface area (Å²) in [5.41, 5.74) is 11.8. The van der Waals surface area contributed by atoms with Crippen molar-refractivity contribution in [2.45, 2.75) is 11.8 Å². The highest BCUT2D eigenvalue weighted by molar-refractivity contribution is 6.05. The van der Waals surface area contributed by atoms with Crippen LogP contribution in [0.2, 0.25) is 0 Å². The molecule has 3 aromatic carbocycles. The first-order valence-electron chi connectivity index (χ1n) is 13.4. The third kappa shape index (κ3) is 3.23. The SMILES string of the molecule is NC1=CC=CC2c3nc(nc4[nH]c(nc5nc(nc6[nH]c(n3)c3ccccc63)-c3ccccc3-5)c3ccccc43)C12. The van der Waals surface area contributed by atoms with E-state index in [0.717, 1.165) is 32.7 Å². The number of nitrogens with two attached hydrogens (primary N) is 1. The summed E-state index contributed by atoms with van der Waals surface area (Å²) < 4.78 is 0. The number of aromatic nitrogens is 8. The maximum Gasteiger partial charge on any atom is 0.164 e. The molecule has 0 radical (unpaired) electrons. The Morgan fingerprint density at radius 3 is 1.59 bits per heavy atom. The molecular formula is C32H21N9. The van der Waals surface area contributed by atoms with Gasteiger partial charge in [0, 0.05) is 38.4 Å². The van der Waals surface area contributed by atoms with Crippen molar-refractivity contribution >= 4 is 44.1 Å². The second-order valence-corrected chi connectivity index (χ2v) is 10.4. The second kappa shape index (κ2) is 8.15. The predicted molar refractivity (Wildman–Crippen MR) is 159 cm³/mol. The molecule has 0 saturated carbocycles. The second-order valence-electron chi connectivity index (χ2n) is 10.4. The molecule has 9 rings (SSSR count). The molecule has 9 heteroatoms. The number of nitrogens with one attached hydrogen (secondary N) is 2. The zero-order valence-electron chi connectivity index (χ0n) is 21.6. The Balaban J connectivity index is 1.49. The first-order chi connectivity index (χ1) is 20.2.